The molecular formula is C20H34Cl2N2O3S. The minimum atomic E-state index is -3.19. The lowest BCUT2D eigenvalue weighted by atomic mass is 9.87. The molecule has 1 aliphatic rings. The monoisotopic (exact) mass is 452 g/mol. The van der Waals surface area contributed by atoms with Crippen LogP contribution in [0.4, 0.5) is 0 Å². The molecule has 162 valence electrons. The number of sulfonamides is 1. The fraction of sp³-hybridized carbons (Fsp3) is 0.700. The van der Waals surface area contributed by atoms with Crippen LogP contribution in [0.25, 0.3) is 0 Å². The largest absolute Gasteiger partial charge is 0.496 e. The molecule has 0 aliphatic heterocycles. The average molecular weight is 453 g/mol. The van der Waals surface area contributed by atoms with Crippen molar-refractivity contribution in [2.24, 2.45) is 0 Å². The van der Waals surface area contributed by atoms with Crippen LogP contribution in [0.3, 0.4) is 0 Å². The van der Waals surface area contributed by atoms with Gasteiger partial charge in [-0.25, -0.2) is 13.1 Å². The number of rotatable bonds is 12. The van der Waals surface area contributed by atoms with Gasteiger partial charge in [0.25, 0.3) is 0 Å². The first-order valence-corrected chi connectivity index (χ1v) is 12.1. The Bertz CT molecular complexity index is 672. The summed E-state index contributed by atoms with van der Waals surface area (Å²) in [5, 5.41) is 3.73. The van der Waals surface area contributed by atoms with Crippen LogP contribution in [0.15, 0.2) is 18.2 Å². The quantitative estimate of drug-likeness (QED) is 0.374. The van der Waals surface area contributed by atoms with Gasteiger partial charge in [0.15, 0.2) is 0 Å². The van der Waals surface area contributed by atoms with E-state index in [2.05, 4.69) is 29.1 Å². The Hall–Kier alpha value is -0.530. The Morgan fingerprint density at radius 1 is 1.32 bits per heavy atom. The zero-order chi connectivity index (χ0) is 19.7. The molecule has 0 amide bonds. The number of halogens is 2. The van der Waals surface area contributed by atoms with Crippen molar-refractivity contribution in [1.29, 1.82) is 0 Å². The number of fused-ring (bicyclic) bond motifs is 1. The van der Waals surface area contributed by atoms with Crippen LogP contribution in [-0.2, 0) is 22.9 Å². The van der Waals surface area contributed by atoms with E-state index >= 15 is 0 Å². The summed E-state index contributed by atoms with van der Waals surface area (Å²) in [4.78, 5) is 0. The molecule has 0 aromatic heterocycles. The highest BCUT2D eigenvalue weighted by Crippen LogP contribution is 2.29. The summed E-state index contributed by atoms with van der Waals surface area (Å²) in [6, 6.07) is 6.97. The van der Waals surface area contributed by atoms with Gasteiger partial charge in [0.2, 0.25) is 10.0 Å². The first-order valence-electron chi connectivity index (χ1n) is 9.93. The molecule has 2 N–H and O–H groups in total. The molecular weight excluding hydrogens is 419 g/mol. The lowest BCUT2D eigenvalue weighted by Crippen LogP contribution is -2.43. The van der Waals surface area contributed by atoms with Gasteiger partial charge in [-0.15, -0.1) is 24.0 Å². The molecule has 0 bridgehead atoms. The molecule has 0 saturated heterocycles. The summed E-state index contributed by atoms with van der Waals surface area (Å²) in [6.45, 7) is 2.62. The fourth-order valence-electron chi connectivity index (χ4n) is 3.67. The second kappa shape index (κ2) is 12.9. The van der Waals surface area contributed by atoms with Gasteiger partial charge in [0.1, 0.15) is 5.75 Å². The van der Waals surface area contributed by atoms with Crippen molar-refractivity contribution in [3.8, 4) is 5.75 Å². The average Bonchev–Trinajstić information content (AvgIpc) is 2.66. The third-order valence-corrected chi connectivity index (χ3v) is 6.98. The van der Waals surface area contributed by atoms with E-state index in [-0.39, 0.29) is 18.2 Å². The molecule has 28 heavy (non-hydrogen) atoms. The molecule has 8 heteroatoms. The molecule has 1 aliphatic carbocycles. The van der Waals surface area contributed by atoms with Crippen LogP contribution < -0.4 is 14.8 Å². The number of hydrogen-bond acceptors (Lipinski definition) is 4. The van der Waals surface area contributed by atoms with Crippen molar-refractivity contribution >= 4 is 34.0 Å². The summed E-state index contributed by atoms with van der Waals surface area (Å²) in [5.74, 6) is 1.63. The predicted octanol–water partition coefficient (Wildman–Crippen LogP) is 3.67. The molecule has 0 spiro atoms. The molecule has 2 atom stereocenters. The predicted molar refractivity (Wildman–Crippen MR) is 120 cm³/mol. The summed E-state index contributed by atoms with van der Waals surface area (Å²) >= 11 is 5.61. The van der Waals surface area contributed by atoms with Crippen molar-refractivity contribution in [1.82, 2.24) is 10.0 Å². The molecule has 5 nitrogen and oxygen atoms in total. The Balaban J connectivity index is 0.00000392. The molecule has 0 fully saturated rings. The first kappa shape index (κ1) is 25.5. The van der Waals surface area contributed by atoms with Crippen LogP contribution in [0.5, 0.6) is 5.75 Å². The standard InChI is InChI=1S/C20H33ClN2O3S.ClH/c1-3-17(11-13-22-27(24,25)14-5-4-12-21)23-18-10-9-16-7-6-8-20(26-2)19(16)15-18;/h6-8,17-18,22-23H,3-5,9-15H2,1-2H3;1H. The van der Waals surface area contributed by atoms with E-state index in [4.69, 9.17) is 16.3 Å². The second-order valence-corrected chi connectivity index (χ2v) is 9.51. The maximum Gasteiger partial charge on any atom is 0.211 e. The van der Waals surface area contributed by atoms with Gasteiger partial charge in [-0.1, -0.05) is 19.1 Å². The normalized spacial score (nSPS) is 17.5. The smallest absolute Gasteiger partial charge is 0.211 e. The highest BCUT2D eigenvalue weighted by Gasteiger charge is 2.23. The van der Waals surface area contributed by atoms with Gasteiger partial charge in [-0.3, -0.25) is 0 Å². The van der Waals surface area contributed by atoms with Gasteiger partial charge in [0, 0.05) is 24.5 Å². The molecule has 0 saturated carbocycles. The van der Waals surface area contributed by atoms with Crippen molar-refractivity contribution in [2.75, 3.05) is 25.3 Å². The van der Waals surface area contributed by atoms with Gasteiger partial charge < -0.3 is 10.1 Å². The van der Waals surface area contributed by atoms with E-state index in [0.29, 0.717) is 30.9 Å². The lowest BCUT2D eigenvalue weighted by Gasteiger charge is -2.30. The van der Waals surface area contributed by atoms with Crippen LogP contribution in [-0.4, -0.2) is 45.8 Å². The van der Waals surface area contributed by atoms with E-state index in [0.717, 1.165) is 44.3 Å². The summed E-state index contributed by atoms with van der Waals surface area (Å²) < 4.78 is 32.2. The van der Waals surface area contributed by atoms with E-state index in [1.807, 2.05) is 6.07 Å². The minimum Gasteiger partial charge on any atom is -0.496 e. The minimum absolute atomic E-state index is 0. The van der Waals surface area contributed by atoms with Crippen LogP contribution in [0, 0.1) is 0 Å². The van der Waals surface area contributed by atoms with Crippen LogP contribution >= 0.6 is 24.0 Å². The number of ether oxygens (including phenoxy) is 1. The third-order valence-electron chi connectivity index (χ3n) is 5.24. The highest BCUT2D eigenvalue weighted by molar-refractivity contribution is 7.89. The Morgan fingerprint density at radius 2 is 2.11 bits per heavy atom. The Morgan fingerprint density at radius 3 is 2.79 bits per heavy atom. The maximum absolute atomic E-state index is 12.0. The number of aryl methyl sites for hydroxylation is 1. The van der Waals surface area contributed by atoms with E-state index in [1.165, 1.54) is 11.1 Å². The highest BCUT2D eigenvalue weighted by atomic mass is 35.5. The zero-order valence-electron chi connectivity index (χ0n) is 16.9. The topological polar surface area (TPSA) is 67.4 Å². The van der Waals surface area contributed by atoms with Gasteiger partial charge >= 0.3 is 0 Å². The number of unbranched alkanes of at least 4 members (excludes halogenated alkanes) is 1. The molecule has 1 aromatic rings. The maximum atomic E-state index is 12.0. The fourth-order valence-corrected chi connectivity index (χ4v) is 5.02. The SMILES string of the molecule is CCC(CCNS(=O)(=O)CCCCCl)NC1CCc2cccc(OC)c2C1.Cl. The van der Waals surface area contributed by atoms with Crippen molar-refractivity contribution in [3.63, 3.8) is 0 Å². The lowest BCUT2D eigenvalue weighted by molar-refractivity contribution is 0.359. The van der Waals surface area contributed by atoms with Gasteiger partial charge in [-0.05, 0) is 62.1 Å². The number of benzene rings is 1. The molecule has 2 rings (SSSR count). The molecule has 0 heterocycles. The Labute approximate surface area is 181 Å². The molecule has 0 radical (unpaired) electrons. The van der Waals surface area contributed by atoms with Gasteiger partial charge in [0.05, 0.1) is 12.9 Å². The van der Waals surface area contributed by atoms with Crippen molar-refractivity contribution in [3.05, 3.63) is 29.3 Å². The third kappa shape index (κ3) is 8.07. The number of methoxy groups -OCH3 is 1. The summed E-state index contributed by atoms with van der Waals surface area (Å²) in [6.07, 6.45) is 6.21. The number of nitrogens with one attached hydrogen (secondary N) is 2. The molecule has 2 unspecified atom stereocenters. The number of alkyl halides is 1. The van der Waals surface area contributed by atoms with E-state index in [1.54, 1.807) is 7.11 Å². The van der Waals surface area contributed by atoms with Crippen LogP contribution in [0.1, 0.15) is 50.2 Å². The summed E-state index contributed by atoms with van der Waals surface area (Å²) in [5.41, 5.74) is 2.68. The second-order valence-electron chi connectivity index (χ2n) is 7.21. The Kier molecular flexibility index (Phi) is 11.8. The summed E-state index contributed by atoms with van der Waals surface area (Å²) in [7, 11) is -1.47. The van der Waals surface area contributed by atoms with Crippen LogP contribution in [0.2, 0.25) is 0 Å². The van der Waals surface area contributed by atoms with E-state index < -0.39 is 10.0 Å². The van der Waals surface area contributed by atoms with Gasteiger partial charge in [-0.2, -0.15) is 0 Å². The van der Waals surface area contributed by atoms with E-state index in [9.17, 15) is 8.42 Å². The number of hydrogen-bond donors (Lipinski definition) is 2. The van der Waals surface area contributed by atoms with Crippen molar-refractivity contribution in [2.45, 2.75) is 64.0 Å². The molecule has 1 aromatic carbocycles. The zero-order valence-corrected chi connectivity index (χ0v) is 19.3. The first-order chi connectivity index (χ1) is 13.0. The van der Waals surface area contributed by atoms with Crippen molar-refractivity contribution < 1.29 is 13.2 Å².